The highest BCUT2D eigenvalue weighted by atomic mass is 32.2. The van der Waals surface area contributed by atoms with E-state index in [1.54, 1.807) is 12.1 Å². The van der Waals surface area contributed by atoms with Crippen LogP contribution in [0.25, 0.3) is 0 Å². The number of hydrogen-bond donors (Lipinski definition) is 1. The number of piperidine rings is 1. The van der Waals surface area contributed by atoms with Crippen LogP contribution in [0.2, 0.25) is 0 Å². The molecular weight excluding hydrogens is 392 g/mol. The van der Waals surface area contributed by atoms with Gasteiger partial charge in [0.2, 0.25) is 10.0 Å². The lowest BCUT2D eigenvalue weighted by molar-refractivity contribution is -0.125. The second-order valence-electron chi connectivity index (χ2n) is 7.97. The second kappa shape index (κ2) is 9.71. The molecule has 2 fully saturated rings. The zero-order valence-corrected chi connectivity index (χ0v) is 17.7. The van der Waals surface area contributed by atoms with Crippen LogP contribution in [0.15, 0.2) is 29.2 Å². The topological polar surface area (TPSA) is 92.8 Å². The maximum absolute atomic E-state index is 13.0. The Hall–Kier alpha value is -1.93. The molecule has 1 aliphatic carbocycles. The molecule has 7 nitrogen and oxygen atoms in total. The first-order chi connectivity index (χ1) is 13.9. The van der Waals surface area contributed by atoms with Crippen LogP contribution >= 0.6 is 0 Å². The van der Waals surface area contributed by atoms with Gasteiger partial charge in [-0.1, -0.05) is 38.3 Å². The molecule has 1 saturated heterocycles. The third kappa shape index (κ3) is 5.36. The molecule has 0 spiro atoms. The Kier molecular flexibility index (Phi) is 7.29. The second-order valence-corrected chi connectivity index (χ2v) is 9.88. The van der Waals surface area contributed by atoms with Gasteiger partial charge in [0.25, 0.3) is 5.91 Å². The number of carbonyl (C=O) groups is 2. The van der Waals surface area contributed by atoms with Crippen LogP contribution in [0.3, 0.4) is 0 Å². The lowest BCUT2D eigenvalue weighted by Gasteiger charge is -2.29. The number of ether oxygens (including phenoxy) is 1. The van der Waals surface area contributed by atoms with Gasteiger partial charge in [-0.2, -0.15) is 4.31 Å². The third-order valence-corrected chi connectivity index (χ3v) is 7.79. The molecule has 2 aliphatic rings. The van der Waals surface area contributed by atoms with E-state index in [1.807, 2.05) is 0 Å². The Morgan fingerprint density at radius 1 is 1.07 bits per heavy atom. The summed E-state index contributed by atoms with van der Waals surface area (Å²) in [4.78, 5) is 24.7. The predicted molar refractivity (Wildman–Crippen MR) is 109 cm³/mol. The van der Waals surface area contributed by atoms with Crippen molar-refractivity contribution in [2.75, 3.05) is 19.7 Å². The highest BCUT2D eigenvalue weighted by Gasteiger charge is 2.30. The molecule has 8 heteroatoms. The molecule has 1 heterocycles. The summed E-state index contributed by atoms with van der Waals surface area (Å²) in [7, 11) is -3.77. The first kappa shape index (κ1) is 21.8. The van der Waals surface area contributed by atoms with Crippen LogP contribution in [-0.2, 0) is 19.6 Å². The van der Waals surface area contributed by atoms with E-state index < -0.39 is 22.6 Å². The molecule has 0 radical (unpaired) electrons. The molecule has 1 N–H and O–H groups in total. The molecule has 2 atom stereocenters. The first-order valence-corrected chi connectivity index (χ1v) is 11.9. The van der Waals surface area contributed by atoms with Gasteiger partial charge >= 0.3 is 5.97 Å². The number of hydrogen-bond acceptors (Lipinski definition) is 5. The number of nitrogens with zero attached hydrogens (tertiary/aromatic N) is 1. The SMILES string of the molecule is C[C@@H]1CCCC[C@H]1NC(=O)COC(=O)c1ccccc1S(=O)(=O)N1CCCCC1. The van der Waals surface area contributed by atoms with Gasteiger partial charge in [-0.25, -0.2) is 13.2 Å². The Balaban J connectivity index is 1.64. The largest absolute Gasteiger partial charge is 0.452 e. The van der Waals surface area contributed by atoms with E-state index in [2.05, 4.69) is 12.2 Å². The van der Waals surface area contributed by atoms with Crippen LogP contribution in [0.5, 0.6) is 0 Å². The molecule has 1 aromatic carbocycles. The van der Waals surface area contributed by atoms with E-state index in [-0.39, 0.29) is 22.4 Å². The van der Waals surface area contributed by atoms with Gasteiger partial charge in [0, 0.05) is 19.1 Å². The van der Waals surface area contributed by atoms with Gasteiger partial charge in [0.05, 0.1) is 10.5 Å². The zero-order valence-electron chi connectivity index (χ0n) is 16.9. The summed E-state index contributed by atoms with van der Waals surface area (Å²) in [6.45, 7) is 2.60. The summed E-state index contributed by atoms with van der Waals surface area (Å²) in [5, 5.41) is 2.93. The van der Waals surface area contributed by atoms with Crippen molar-refractivity contribution in [1.29, 1.82) is 0 Å². The summed E-state index contributed by atoms with van der Waals surface area (Å²) in [6.07, 6.45) is 6.88. The lowest BCUT2D eigenvalue weighted by atomic mass is 9.86. The van der Waals surface area contributed by atoms with Gasteiger partial charge in [-0.05, 0) is 43.7 Å². The predicted octanol–water partition coefficient (Wildman–Crippen LogP) is 2.71. The number of sulfonamides is 1. The minimum absolute atomic E-state index is 0.0306. The summed E-state index contributed by atoms with van der Waals surface area (Å²) < 4.78 is 32.5. The average Bonchev–Trinajstić information content (AvgIpc) is 2.74. The van der Waals surface area contributed by atoms with E-state index in [1.165, 1.54) is 22.9 Å². The fourth-order valence-electron chi connectivity index (χ4n) is 4.09. The minimum atomic E-state index is -3.77. The van der Waals surface area contributed by atoms with Crippen LogP contribution in [0.1, 0.15) is 62.2 Å². The fourth-order valence-corrected chi connectivity index (χ4v) is 5.79. The standard InChI is InChI=1S/C21H30N2O5S/c1-16-9-3-5-11-18(16)22-20(24)15-28-21(25)17-10-4-6-12-19(17)29(26,27)23-13-7-2-8-14-23/h4,6,10,12,16,18H,2-3,5,7-9,11,13-15H2,1H3,(H,22,24)/t16-,18-/m1/s1. The molecule has 0 bridgehead atoms. The number of nitrogens with one attached hydrogen (secondary N) is 1. The van der Waals surface area contributed by atoms with Gasteiger partial charge in [0.1, 0.15) is 0 Å². The Bertz CT molecular complexity index is 833. The van der Waals surface area contributed by atoms with Crippen LogP contribution in [0.4, 0.5) is 0 Å². The minimum Gasteiger partial charge on any atom is -0.452 e. The quantitative estimate of drug-likeness (QED) is 0.712. The zero-order chi connectivity index (χ0) is 20.9. The van der Waals surface area contributed by atoms with Gasteiger partial charge in [-0.15, -0.1) is 0 Å². The normalized spacial score (nSPS) is 23.3. The summed E-state index contributed by atoms with van der Waals surface area (Å²) in [5.74, 6) is -0.750. The van der Waals surface area contributed by atoms with E-state index in [9.17, 15) is 18.0 Å². The fraction of sp³-hybridized carbons (Fsp3) is 0.619. The molecule has 1 aromatic rings. The molecule has 29 heavy (non-hydrogen) atoms. The monoisotopic (exact) mass is 422 g/mol. The number of rotatable bonds is 6. The van der Waals surface area contributed by atoms with Crippen LogP contribution in [0, 0.1) is 5.92 Å². The molecule has 160 valence electrons. The van der Waals surface area contributed by atoms with Crippen molar-refractivity contribution in [2.45, 2.75) is 62.8 Å². The molecular formula is C21H30N2O5S. The van der Waals surface area contributed by atoms with Crippen molar-refractivity contribution in [3.8, 4) is 0 Å². The average molecular weight is 423 g/mol. The maximum atomic E-state index is 13.0. The molecule has 1 aliphatic heterocycles. The molecule has 1 amide bonds. The number of amides is 1. The maximum Gasteiger partial charge on any atom is 0.340 e. The molecule has 0 aromatic heterocycles. The van der Waals surface area contributed by atoms with Crippen LogP contribution in [-0.4, -0.2) is 50.3 Å². The van der Waals surface area contributed by atoms with E-state index >= 15 is 0 Å². The van der Waals surface area contributed by atoms with Gasteiger partial charge in [-0.3, -0.25) is 4.79 Å². The number of esters is 1. The van der Waals surface area contributed by atoms with Gasteiger partial charge < -0.3 is 10.1 Å². The highest BCUT2D eigenvalue weighted by molar-refractivity contribution is 7.89. The highest BCUT2D eigenvalue weighted by Crippen LogP contribution is 2.25. The van der Waals surface area contributed by atoms with Crippen LogP contribution < -0.4 is 5.32 Å². The smallest absolute Gasteiger partial charge is 0.340 e. The molecule has 0 unspecified atom stereocenters. The lowest BCUT2D eigenvalue weighted by Crippen LogP contribution is -2.43. The van der Waals surface area contributed by atoms with E-state index in [0.29, 0.717) is 19.0 Å². The number of carbonyl (C=O) groups excluding carboxylic acids is 2. The van der Waals surface area contributed by atoms with Crippen molar-refractivity contribution in [1.82, 2.24) is 9.62 Å². The van der Waals surface area contributed by atoms with Crippen molar-refractivity contribution >= 4 is 21.9 Å². The van der Waals surface area contributed by atoms with E-state index in [0.717, 1.165) is 38.5 Å². The van der Waals surface area contributed by atoms with Crippen molar-refractivity contribution in [3.05, 3.63) is 29.8 Å². The van der Waals surface area contributed by atoms with Crippen molar-refractivity contribution in [3.63, 3.8) is 0 Å². The Labute approximate surface area is 172 Å². The molecule has 3 rings (SSSR count). The molecule has 1 saturated carbocycles. The first-order valence-electron chi connectivity index (χ1n) is 10.5. The Morgan fingerprint density at radius 3 is 2.48 bits per heavy atom. The van der Waals surface area contributed by atoms with Crippen molar-refractivity contribution < 1.29 is 22.7 Å². The summed E-state index contributed by atoms with van der Waals surface area (Å²) in [6, 6.07) is 6.13. The van der Waals surface area contributed by atoms with E-state index in [4.69, 9.17) is 4.74 Å². The Morgan fingerprint density at radius 2 is 1.76 bits per heavy atom. The third-order valence-electron chi connectivity index (χ3n) is 5.83. The summed E-state index contributed by atoms with van der Waals surface area (Å²) >= 11 is 0. The number of benzene rings is 1. The van der Waals surface area contributed by atoms with Crippen molar-refractivity contribution in [2.24, 2.45) is 5.92 Å². The van der Waals surface area contributed by atoms with Gasteiger partial charge in [0.15, 0.2) is 6.61 Å². The summed E-state index contributed by atoms with van der Waals surface area (Å²) in [5.41, 5.74) is -0.0306.